The molecule has 4 aromatic rings. The molecule has 15 heteroatoms. The van der Waals surface area contributed by atoms with Crippen LogP contribution in [0, 0.1) is 6.92 Å². The molecule has 230 valence electrons. The number of fused-ring (bicyclic) bond motifs is 1. The number of carbonyl (C=O) groups excluding carboxylic acids is 2. The Morgan fingerprint density at radius 3 is 2.12 bits per heavy atom. The molecule has 0 saturated heterocycles. The Bertz CT molecular complexity index is 1520. The fourth-order valence-electron chi connectivity index (χ4n) is 3.74. The molecule has 2 heterocycles. The fraction of sp³-hybridized carbons (Fsp3) is 0.250. The van der Waals surface area contributed by atoms with Gasteiger partial charge in [0.2, 0.25) is 5.88 Å². The standard InChI is InChI=1S/C24H25BN4O5.2C2H4O2.Pd/c1-14-20-9-15(21-10-17(25(30)31)13-27-24(21)34-4)6-8-19(20)23(29-28-14)26-12-16-5-7-18(32-2)11-22(16)33-3;2*1-2(3)4;/h5-11,13,30-31H,12H2,1-4H3,(H,26,29);2*1H3,(H,3,4);/q;;;+2/p-2. The number of carboxylic acid groups (broad SMARTS) is 2. The zero-order valence-corrected chi connectivity index (χ0v) is 25.9. The number of rotatable bonds is 8. The number of nitrogens with one attached hydrogen (secondary N) is 1. The number of aliphatic carboxylic acids is 2. The molecular weight excluding hydrogens is 654 g/mol. The van der Waals surface area contributed by atoms with E-state index in [0.29, 0.717) is 29.6 Å². The number of benzene rings is 2. The number of methoxy groups -OCH3 is 3. The first kappa shape index (κ1) is 36.7. The molecular formula is C28H31BN4O9Pd. The van der Waals surface area contributed by atoms with Crippen LogP contribution in [0.3, 0.4) is 0 Å². The number of carbonyl (C=O) groups is 2. The summed E-state index contributed by atoms with van der Waals surface area (Å²) in [6.07, 6.45) is 1.38. The van der Waals surface area contributed by atoms with E-state index < -0.39 is 19.1 Å². The minimum absolute atomic E-state index is 0. The van der Waals surface area contributed by atoms with Crippen molar-refractivity contribution in [1.29, 1.82) is 0 Å². The summed E-state index contributed by atoms with van der Waals surface area (Å²) in [7, 11) is 3.13. The van der Waals surface area contributed by atoms with Gasteiger partial charge in [-0.1, -0.05) is 6.07 Å². The second-order valence-electron chi connectivity index (χ2n) is 8.61. The number of anilines is 1. The van der Waals surface area contributed by atoms with Crippen molar-refractivity contribution in [2.45, 2.75) is 27.3 Å². The topological polar surface area (TPSA) is 199 Å². The van der Waals surface area contributed by atoms with Gasteiger partial charge in [0.25, 0.3) is 0 Å². The molecule has 43 heavy (non-hydrogen) atoms. The van der Waals surface area contributed by atoms with Crippen molar-refractivity contribution in [3.63, 3.8) is 0 Å². The smallest absolute Gasteiger partial charge is 0.550 e. The van der Waals surface area contributed by atoms with Crippen LogP contribution in [0.1, 0.15) is 25.1 Å². The van der Waals surface area contributed by atoms with Crippen LogP contribution < -0.4 is 35.2 Å². The second-order valence-corrected chi connectivity index (χ2v) is 8.61. The van der Waals surface area contributed by atoms with E-state index >= 15 is 0 Å². The third-order valence-electron chi connectivity index (χ3n) is 5.58. The van der Waals surface area contributed by atoms with E-state index in [2.05, 4.69) is 20.5 Å². The van der Waals surface area contributed by atoms with E-state index in [1.54, 1.807) is 20.3 Å². The first-order valence-electron chi connectivity index (χ1n) is 12.4. The number of ether oxygens (including phenoxy) is 3. The number of aromatic nitrogens is 3. The zero-order valence-electron chi connectivity index (χ0n) is 24.3. The number of nitrogens with zero attached hydrogens (tertiary/aromatic N) is 3. The Hall–Kier alpha value is -4.28. The van der Waals surface area contributed by atoms with Crippen LogP contribution >= 0.6 is 0 Å². The predicted octanol–water partition coefficient (Wildman–Crippen LogP) is -0.172. The normalized spacial score (nSPS) is 9.67. The van der Waals surface area contributed by atoms with E-state index in [0.717, 1.165) is 47.2 Å². The Labute approximate surface area is 262 Å². The fourth-order valence-corrected chi connectivity index (χ4v) is 3.74. The van der Waals surface area contributed by atoms with Gasteiger partial charge in [0.05, 0.1) is 27.0 Å². The van der Waals surface area contributed by atoms with E-state index in [1.807, 2.05) is 43.3 Å². The number of pyridine rings is 1. The summed E-state index contributed by atoms with van der Waals surface area (Å²) >= 11 is 0. The SMILES string of the molecule is CC(=O)[O-].CC(=O)[O-].COc1ccc(CNc2nnc(C)c3cc(-c4cc(B(O)O)cnc4OC)ccc23)c(OC)c1.[Pd+2]. The van der Waals surface area contributed by atoms with Crippen molar-refractivity contribution in [2.24, 2.45) is 0 Å². The van der Waals surface area contributed by atoms with Crippen molar-refractivity contribution >= 4 is 41.1 Å². The summed E-state index contributed by atoms with van der Waals surface area (Å²) in [6, 6.07) is 13.1. The van der Waals surface area contributed by atoms with Gasteiger partial charge in [-0.15, -0.1) is 5.10 Å². The number of hydrogen-bond donors (Lipinski definition) is 3. The molecule has 0 spiro atoms. The van der Waals surface area contributed by atoms with Crippen molar-refractivity contribution in [3.05, 3.63) is 59.9 Å². The molecule has 0 aliphatic heterocycles. The van der Waals surface area contributed by atoms with Gasteiger partial charge < -0.3 is 49.4 Å². The summed E-state index contributed by atoms with van der Waals surface area (Å²) < 4.78 is 16.1. The first-order chi connectivity index (χ1) is 19.9. The molecule has 4 rings (SSSR count). The number of hydrogen-bond acceptors (Lipinski definition) is 13. The van der Waals surface area contributed by atoms with Crippen LogP contribution in [0.2, 0.25) is 0 Å². The molecule has 2 aromatic heterocycles. The van der Waals surface area contributed by atoms with Crippen LogP contribution in [0.25, 0.3) is 21.9 Å². The molecule has 0 radical (unpaired) electrons. The maximum absolute atomic E-state index is 9.56. The average Bonchev–Trinajstić information content (AvgIpc) is 2.95. The van der Waals surface area contributed by atoms with Gasteiger partial charge >= 0.3 is 27.5 Å². The Balaban J connectivity index is 0.000000917. The van der Waals surface area contributed by atoms with Gasteiger partial charge in [-0.25, -0.2) is 4.98 Å². The van der Waals surface area contributed by atoms with Gasteiger partial charge in [0.15, 0.2) is 5.82 Å². The van der Waals surface area contributed by atoms with Crippen LogP contribution in [0.4, 0.5) is 5.82 Å². The van der Waals surface area contributed by atoms with E-state index in [-0.39, 0.29) is 25.9 Å². The number of carboxylic acids is 2. The largest absolute Gasteiger partial charge is 2.00 e. The average molecular weight is 685 g/mol. The first-order valence-corrected chi connectivity index (χ1v) is 12.4. The summed E-state index contributed by atoms with van der Waals surface area (Å²) in [4.78, 5) is 22.0. The van der Waals surface area contributed by atoms with Gasteiger partial charge in [0.1, 0.15) is 11.5 Å². The molecule has 0 aliphatic rings. The third kappa shape index (κ3) is 10.8. The van der Waals surface area contributed by atoms with Gasteiger partial charge in [-0.05, 0) is 56.7 Å². The molecule has 0 atom stereocenters. The molecule has 13 nitrogen and oxygen atoms in total. The van der Waals surface area contributed by atoms with Crippen LogP contribution in [0.5, 0.6) is 17.4 Å². The minimum Gasteiger partial charge on any atom is -0.550 e. The second kappa shape index (κ2) is 17.6. The van der Waals surface area contributed by atoms with E-state index in [4.69, 9.17) is 34.0 Å². The summed E-state index contributed by atoms with van der Waals surface area (Å²) in [5, 5.41) is 50.7. The van der Waals surface area contributed by atoms with Crippen LogP contribution in [-0.4, -0.2) is 65.6 Å². The van der Waals surface area contributed by atoms with Gasteiger partial charge in [-0.3, -0.25) is 0 Å². The third-order valence-corrected chi connectivity index (χ3v) is 5.58. The Kier molecular flexibility index (Phi) is 15.1. The van der Waals surface area contributed by atoms with Crippen LogP contribution in [-0.2, 0) is 36.6 Å². The van der Waals surface area contributed by atoms with Crippen molar-refractivity contribution < 1.29 is 64.5 Å². The maximum atomic E-state index is 9.56. The molecule has 0 amide bonds. The van der Waals surface area contributed by atoms with Gasteiger partial charge in [-0.2, -0.15) is 5.10 Å². The summed E-state index contributed by atoms with van der Waals surface area (Å²) in [5.74, 6) is 0.281. The minimum atomic E-state index is -1.63. The predicted molar refractivity (Wildman–Crippen MR) is 152 cm³/mol. The zero-order chi connectivity index (χ0) is 31.4. The van der Waals surface area contributed by atoms with Crippen molar-refractivity contribution in [2.75, 3.05) is 26.6 Å². The molecule has 0 fully saturated rings. The Morgan fingerprint density at radius 2 is 1.56 bits per heavy atom. The quantitative estimate of drug-likeness (QED) is 0.207. The molecule has 3 N–H and O–H groups in total. The monoisotopic (exact) mass is 684 g/mol. The molecule has 0 aliphatic carbocycles. The maximum Gasteiger partial charge on any atom is 2.00 e. The molecule has 0 unspecified atom stereocenters. The summed E-state index contributed by atoms with van der Waals surface area (Å²) in [6.45, 7) is 4.31. The van der Waals surface area contributed by atoms with Crippen molar-refractivity contribution in [1.82, 2.24) is 15.2 Å². The molecule has 2 aromatic carbocycles. The molecule has 0 bridgehead atoms. The summed E-state index contributed by atoms with van der Waals surface area (Å²) in [5.41, 5.74) is 3.43. The number of aryl methyl sites for hydroxylation is 1. The molecule has 0 saturated carbocycles. The van der Waals surface area contributed by atoms with Gasteiger partial charge in [0, 0.05) is 58.1 Å². The van der Waals surface area contributed by atoms with Crippen LogP contribution in [0.15, 0.2) is 48.7 Å². The Morgan fingerprint density at radius 1 is 0.907 bits per heavy atom. The van der Waals surface area contributed by atoms with E-state index in [1.165, 1.54) is 13.3 Å². The van der Waals surface area contributed by atoms with Crippen molar-refractivity contribution in [3.8, 4) is 28.5 Å². The van der Waals surface area contributed by atoms with E-state index in [9.17, 15) is 10.0 Å².